The molecule has 64 valence electrons. The van der Waals surface area contributed by atoms with Crippen molar-refractivity contribution < 1.29 is 0 Å². The molecule has 1 spiro atoms. The number of hydrogen-bond acceptors (Lipinski definition) is 1. The molecule has 1 saturated carbocycles. The van der Waals surface area contributed by atoms with E-state index in [-0.39, 0.29) is 11.5 Å². The quantitative estimate of drug-likeness (QED) is 0.247. The van der Waals surface area contributed by atoms with Gasteiger partial charge in [0.05, 0.1) is 0 Å². The van der Waals surface area contributed by atoms with E-state index in [0.29, 0.717) is 0 Å². The molecule has 2 atom stereocenters. The Bertz CT molecular complexity index is 252. The summed E-state index contributed by atoms with van der Waals surface area (Å²) in [5.41, 5.74) is 8.66. The van der Waals surface area contributed by atoms with Gasteiger partial charge in [-0.2, -0.15) is 0 Å². The molecule has 2 aliphatic rings. The van der Waals surface area contributed by atoms with Crippen molar-refractivity contribution >= 4 is 0 Å². The number of allylic oxidation sites excluding steroid dienone is 1. The van der Waals surface area contributed by atoms with Crippen LogP contribution < -0.4 is 0 Å². The minimum atomic E-state index is 0.237. The lowest BCUT2D eigenvalue weighted by atomic mass is 9.82. The van der Waals surface area contributed by atoms with Crippen LogP contribution in [0.2, 0.25) is 0 Å². The average Bonchev–Trinajstić information content (AvgIpc) is 2.66. The molecule has 0 heterocycles. The van der Waals surface area contributed by atoms with Gasteiger partial charge in [0.25, 0.3) is 0 Å². The fourth-order valence-corrected chi connectivity index (χ4v) is 2.55. The molecular weight excluding hydrogens is 150 g/mol. The Morgan fingerprint density at radius 3 is 3.08 bits per heavy atom. The van der Waals surface area contributed by atoms with Gasteiger partial charge in [-0.25, -0.2) is 0 Å². The zero-order chi connectivity index (χ0) is 8.44. The standard InChI is InChI=1S/C9H13N3/c10-12-11-8-4-3-7-9(8)5-1-2-6-9/h1,5,8H,2-4,6-7H2/t8-,9-/m1/s1. The lowest BCUT2D eigenvalue weighted by molar-refractivity contribution is 0.341. The minimum Gasteiger partial charge on any atom is -0.0897 e. The zero-order valence-electron chi connectivity index (χ0n) is 7.11. The van der Waals surface area contributed by atoms with Gasteiger partial charge in [-0.05, 0) is 36.6 Å². The molecule has 2 rings (SSSR count). The first-order valence-corrected chi connectivity index (χ1v) is 4.59. The van der Waals surface area contributed by atoms with Crippen LogP contribution in [-0.4, -0.2) is 6.04 Å². The van der Waals surface area contributed by atoms with E-state index in [1.807, 2.05) is 0 Å². The molecule has 0 aliphatic heterocycles. The topological polar surface area (TPSA) is 48.8 Å². The first-order valence-electron chi connectivity index (χ1n) is 4.59. The molecule has 0 aromatic carbocycles. The Hall–Kier alpha value is -0.950. The van der Waals surface area contributed by atoms with Crippen molar-refractivity contribution in [2.24, 2.45) is 10.5 Å². The molecule has 0 unspecified atom stereocenters. The van der Waals surface area contributed by atoms with Gasteiger partial charge >= 0.3 is 0 Å². The number of nitrogens with zero attached hydrogens (tertiary/aromatic N) is 3. The second-order valence-corrected chi connectivity index (χ2v) is 3.79. The maximum atomic E-state index is 8.40. The summed E-state index contributed by atoms with van der Waals surface area (Å²) in [6.45, 7) is 0. The zero-order valence-corrected chi connectivity index (χ0v) is 7.11. The molecule has 0 aromatic heterocycles. The first-order chi connectivity index (χ1) is 5.87. The summed E-state index contributed by atoms with van der Waals surface area (Å²) in [5, 5.41) is 3.89. The van der Waals surface area contributed by atoms with E-state index >= 15 is 0 Å². The van der Waals surface area contributed by atoms with Crippen LogP contribution in [-0.2, 0) is 0 Å². The van der Waals surface area contributed by atoms with E-state index in [1.54, 1.807) is 0 Å². The van der Waals surface area contributed by atoms with Crippen molar-refractivity contribution in [3.8, 4) is 0 Å². The van der Waals surface area contributed by atoms with Crippen LogP contribution in [0.4, 0.5) is 0 Å². The molecule has 1 fully saturated rings. The monoisotopic (exact) mass is 163 g/mol. The Labute approximate surface area is 72.1 Å². The third kappa shape index (κ3) is 1.01. The van der Waals surface area contributed by atoms with Crippen molar-refractivity contribution in [1.82, 2.24) is 0 Å². The van der Waals surface area contributed by atoms with Crippen LogP contribution in [0.1, 0.15) is 32.1 Å². The summed E-state index contributed by atoms with van der Waals surface area (Å²) in [7, 11) is 0. The Kier molecular flexibility index (Phi) is 1.81. The van der Waals surface area contributed by atoms with Crippen molar-refractivity contribution in [2.75, 3.05) is 0 Å². The van der Waals surface area contributed by atoms with Crippen LogP contribution in [0.5, 0.6) is 0 Å². The fraction of sp³-hybridized carbons (Fsp3) is 0.778. The van der Waals surface area contributed by atoms with Gasteiger partial charge in [-0.15, -0.1) is 0 Å². The molecule has 0 bridgehead atoms. The SMILES string of the molecule is [N-]=[N+]=N[C@@H]1CCC[C@]12C=CCC2. The third-order valence-electron chi connectivity index (χ3n) is 3.20. The predicted molar refractivity (Wildman–Crippen MR) is 47.6 cm³/mol. The highest BCUT2D eigenvalue weighted by atomic mass is 15.2. The molecule has 12 heavy (non-hydrogen) atoms. The van der Waals surface area contributed by atoms with E-state index in [1.165, 1.54) is 19.3 Å². The normalized spacial score (nSPS) is 38.8. The molecule has 3 nitrogen and oxygen atoms in total. The number of hydrogen-bond donors (Lipinski definition) is 0. The summed E-state index contributed by atoms with van der Waals surface area (Å²) < 4.78 is 0. The van der Waals surface area contributed by atoms with E-state index < -0.39 is 0 Å². The highest BCUT2D eigenvalue weighted by Crippen LogP contribution is 2.48. The maximum Gasteiger partial charge on any atom is 0.0465 e. The van der Waals surface area contributed by atoms with E-state index in [4.69, 9.17) is 5.53 Å². The smallest absolute Gasteiger partial charge is 0.0465 e. The van der Waals surface area contributed by atoms with Gasteiger partial charge in [0.2, 0.25) is 0 Å². The Morgan fingerprint density at radius 2 is 2.42 bits per heavy atom. The molecule has 0 N–H and O–H groups in total. The maximum absolute atomic E-state index is 8.40. The largest absolute Gasteiger partial charge is 0.0897 e. The molecule has 0 saturated heterocycles. The van der Waals surface area contributed by atoms with E-state index in [9.17, 15) is 0 Å². The highest BCUT2D eigenvalue weighted by Gasteiger charge is 2.41. The summed E-state index contributed by atoms with van der Waals surface area (Å²) in [4.78, 5) is 2.93. The lowest BCUT2D eigenvalue weighted by Gasteiger charge is -2.25. The van der Waals surface area contributed by atoms with Crippen molar-refractivity contribution in [3.05, 3.63) is 22.6 Å². The van der Waals surface area contributed by atoms with Crippen LogP contribution in [0.15, 0.2) is 17.3 Å². The molecule has 2 aliphatic carbocycles. The molecular formula is C9H13N3. The summed E-state index contributed by atoms with van der Waals surface area (Å²) in [6, 6.07) is 0.237. The van der Waals surface area contributed by atoms with Gasteiger partial charge < -0.3 is 0 Å². The van der Waals surface area contributed by atoms with Gasteiger partial charge in [0, 0.05) is 11.0 Å². The van der Waals surface area contributed by atoms with Crippen LogP contribution in [0.25, 0.3) is 10.4 Å². The summed E-state index contributed by atoms with van der Waals surface area (Å²) in [5.74, 6) is 0. The third-order valence-corrected chi connectivity index (χ3v) is 3.20. The first kappa shape index (κ1) is 7.69. The van der Waals surface area contributed by atoms with Crippen molar-refractivity contribution in [2.45, 2.75) is 38.1 Å². The second-order valence-electron chi connectivity index (χ2n) is 3.79. The van der Waals surface area contributed by atoms with Crippen LogP contribution >= 0.6 is 0 Å². The molecule has 0 radical (unpaired) electrons. The van der Waals surface area contributed by atoms with Crippen molar-refractivity contribution in [3.63, 3.8) is 0 Å². The number of azide groups is 1. The Morgan fingerprint density at radius 1 is 1.50 bits per heavy atom. The lowest BCUT2D eigenvalue weighted by Crippen LogP contribution is -2.23. The summed E-state index contributed by atoms with van der Waals surface area (Å²) in [6.07, 6.45) is 10.4. The molecule has 3 heteroatoms. The van der Waals surface area contributed by atoms with Crippen LogP contribution in [0.3, 0.4) is 0 Å². The minimum absolute atomic E-state index is 0.237. The predicted octanol–water partition coefficient (Wildman–Crippen LogP) is 3.19. The summed E-state index contributed by atoms with van der Waals surface area (Å²) >= 11 is 0. The van der Waals surface area contributed by atoms with Gasteiger partial charge in [-0.1, -0.05) is 23.7 Å². The van der Waals surface area contributed by atoms with Crippen LogP contribution in [0, 0.1) is 5.41 Å². The van der Waals surface area contributed by atoms with E-state index in [2.05, 4.69) is 22.2 Å². The Balaban J connectivity index is 2.23. The number of rotatable bonds is 1. The fourth-order valence-electron chi connectivity index (χ4n) is 2.55. The molecule has 0 amide bonds. The highest BCUT2D eigenvalue weighted by molar-refractivity contribution is 5.14. The van der Waals surface area contributed by atoms with Crippen molar-refractivity contribution in [1.29, 1.82) is 0 Å². The van der Waals surface area contributed by atoms with E-state index in [0.717, 1.165) is 12.8 Å². The average molecular weight is 163 g/mol. The van der Waals surface area contributed by atoms with Gasteiger partial charge in [0.15, 0.2) is 0 Å². The van der Waals surface area contributed by atoms with Gasteiger partial charge in [-0.3, -0.25) is 0 Å². The molecule has 0 aromatic rings. The van der Waals surface area contributed by atoms with Gasteiger partial charge in [0.1, 0.15) is 0 Å². The second kappa shape index (κ2) is 2.83.